The number of nitrogens with one attached hydrogen (secondary N) is 1. The van der Waals surface area contributed by atoms with E-state index in [0.717, 1.165) is 22.8 Å². The summed E-state index contributed by atoms with van der Waals surface area (Å²) in [5.74, 6) is -0.528. The van der Waals surface area contributed by atoms with Crippen molar-refractivity contribution in [2.75, 3.05) is 7.11 Å². The zero-order chi connectivity index (χ0) is 34.8. The number of nitrogens with zero attached hydrogens (tertiary/aromatic N) is 2. The molecule has 6 aromatic rings. The molecule has 6 rings (SSSR count). The number of hydrogen-bond acceptors (Lipinski definition) is 5. The van der Waals surface area contributed by atoms with E-state index in [4.69, 9.17) is 4.74 Å². The largest absolute Gasteiger partial charge is 0.468 e. The van der Waals surface area contributed by atoms with Gasteiger partial charge in [0, 0.05) is 29.9 Å². The Morgan fingerprint density at radius 1 is 0.837 bits per heavy atom. The van der Waals surface area contributed by atoms with Crippen molar-refractivity contribution in [2.45, 2.75) is 31.1 Å². The second-order valence-corrected chi connectivity index (χ2v) is 11.9. The molecular weight excluding hydrogens is 627 g/mol. The van der Waals surface area contributed by atoms with Crippen LogP contribution >= 0.6 is 0 Å². The van der Waals surface area contributed by atoms with Crippen molar-refractivity contribution >= 4 is 16.9 Å². The number of methoxy groups -OCH3 is 1. The number of benzene rings is 4. The monoisotopic (exact) mass is 661 g/mol. The average molecular weight is 662 g/mol. The van der Waals surface area contributed by atoms with Gasteiger partial charge in [0.05, 0.1) is 29.3 Å². The summed E-state index contributed by atoms with van der Waals surface area (Å²) in [5, 5.41) is 4.19. The van der Waals surface area contributed by atoms with Crippen LogP contribution in [0.4, 0.5) is 13.2 Å². The maximum atomic E-state index is 14.4. The first-order valence-electron chi connectivity index (χ1n) is 15.7. The Bertz CT molecular complexity index is 2070. The Labute approximate surface area is 281 Å². The summed E-state index contributed by atoms with van der Waals surface area (Å²) in [5.41, 5.74) is 0.462. The van der Waals surface area contributed by atoms with Crippen LogP contribution in [0.25, 0.3) is 22.0 Å². The molecule has 0 aliphatic carbocycles. The molecule has 0 unspecified atom stereocenters. The van der Waals surface area contributed by atoms with Crippen molar-refractivity contribution in [1.29, 1.82) is 0 Å². The third kappa shape index (κ3) is 6.25. The van der Waals surface area contributed by atoms with Crippen molar-refractivity contribution in [3.63, 3.8) is 0 Å². The van der Waals surface area contributed by atoms with Gasteiger partial charge in [0.25, 0.3) is 5.56 Å². The smallest absolute Gasteiger partial charge is 0.417 e. The van der Waals surface area contributed by atoms with Crippen LogP contribution in [0.3, 0.4) is 0 Å². The first-order valence-corrected chi connectivity index (χ1v) is 15.7. The lowest BCUT2D eigenvalue weighted by molar-refractivity contribution is -0.143. The molecule has 0 amide bonds. The van der Waals surface area contributed by atoms with Gasteiger partial charge in [0.1, 0.15) is 6.04 Å². The predicted molar refractivity (Wildman–Crippen MR) is 184 cm³/mol. The highest BCUT2D eigenvalue weighted by molar-refractivity contribution is 5.96. The van der Waals surface area contributed by atoms with E-state index in [1.54, 1.807) is 18.2 Å². The van der Waals surface area contributed by atoms with E-state index in [1.807, 2.05) is 91.0 Å². The summed E-state index contributed by atoms with van der Waals surface area (Å²) in [6.45, 7) is 1.46. The van der Waals surface area contributed by atoms with E-state index >= 15 is 0 Å². The summed E-state index contributed by atoms with van der Waals surface area (Å²) in [7, 11) is 2.76. The van der Waals surface area contributed by atoms with Crippen LogP contribution in [0.5, 0.6) is 0 Å². The minimum Gasteiger partial charge on any atom is -0.468 e. The lowest BCUT2D eigenvalue weighted by Gasteiger charge is -2.39. The molecule has 0 radical (unpaired) electrons. The SMILES string of the molecule is COC(=O)[C@H](Cc1ccc(-c2c(C(F)(F)F)cc(C)n(C)c2=O)c2ncccc12)NC(c1ccccc1)(c1ccccc1)c1ccccc1. The molecule has 0 aliphatic rings. The topological polar surface area (TPSA) is 73.2 Å². The normalized spacial score (nSPS) is 12.5. The summed E-state index contributed by atoms with van der Waals surface area (Å²) in [6, 6.07) is 36.0. The number of carbonyl (C=O) groups excluding carboxylic acids is 1. The number of halogens is 3. The number of fused-ring (bicyclic) bond motifs is 1. The Kier molecular flexibility index (Phi) is 9.21. The Morgan fingerprint density at radius 2 is 1.39 bits per heavy atom. The lowest BCUT2D eigenvalue weighted by Crippen LogP contribution is -2.53. The molecule has 0 bridgehead atoms. The summed E-state index contributed by atoms with van der Waals surface area (Å²) >= 11 is 0. The third-order valence-electron chi connectivity index (χ3n) is 9.03. The van der Waals surface area contributed by atoms with Crippen molar-refractivity contribution in [2.24, 2.45) is 7.05 Å². The number of pyridine rings is 2. The van der Waals surface area contributed by atoms with Gasteiger partial charge in [0.2, 0.25) is 0 Å². The molecule has 0 saturated heterocycles. The summed E-state index contributed by atoms with van der Waals surface area (Å²) in [6.07, 6.45) is -3.20. The van der Waals surface area contributed by atoms with E-state index in [-0.39, 0.29) is 23.2 Å². The fourth-order valence-corrected chi connectivity index (χ4v) is 6.55. The highest BCUT2D eigenvalue weighted by atomic mass is 19.4. The molecule has 248 valence electrons. The number of hydrogen-bond donors (Lipinski definition) is 1. The first-order chi connectivity index (χ1) is 23.6. The molecule has 0 saturated carbocycles. The standard InChI is InChI=1S/C40H34F3N3O3/c1-26-24-33(40(41,42)43)35(37(47)46(26)2)32-22-21-27(31-20-13-23-44-36(31)32)25-34(38(48)49-3)45-39(28-14-7-4-8-15-28,29-16-9-5-10-17-29)30-18-11-6-12-19-30/h4-24,34,45H,25H2,1-3H3/t34-/m0/s1. The number of rotatable bonds is 9. The highest BCUT2D eigenvalue weighted by Crippen LogP contribution is 2.40. The van der Waals surface area contributed by atoms with Crippen molar-refractivity contribution < 1.29 is 22.7 Å². The molecule has 1 N–H and O–H groups in total. The number of aromatic nitrogens is 2. The Balaban J connectivity index is 1.54. The van der Waals surface area contributed by atoms with Crippen LogP contribution in [0.15, 0.2) is 132 Å². The van der Waals surface area contributed by atoms with E-state index in [0.29, 0.717) is 10.9 Å². The molecule has 0 aliphatic heterocycles. The molecule has 0 fully saturated rings. The van der Waals surface area contributed by atoms with E-state index in [9.17, 15) is 22.8 Å². The van der Waals surface area contributed by atoms with Crippen molar-refractivity contribution in [3.8, 4) is 11.1 Å². The second-order valence-electron chi connectivity index (χ2n) is 11.9. The van der Waals surface area contributed by atoms with E-state index < -0.39 is 40.4 Å². The number of esters is 1. The fourth-order valence-electron chi connectivity index (χ4n) is 6.55. The fraction of sp³-hybridized carbons (Fsp3) is 0.175. The van der Waals surface area contributed by atoms with Crippen LogP contribution in [0.2, 0.25) is 0 Å². The van der Waals surface area contributed by atoms with Crippen LogP contribution < -0.4 is 10.9 Å². The molecule has 2 heterocycles. The Morgan fingerprint density at radius 3 is 1.90 bits per heavy atom. The number of carbonyl (C=O) groups is 1. The van der Waals surface area contributed by atoms with Gasteiger partial charge in [-0.25, -0.2) is 0 Å². The van der Waals surface area contributed by atoms with Gasteiger partial charge in [-0.2, -0.15) is 13.2 Å². The number of alkyl halides is 3. The number of ether oxygens (including phenoxy) is 1. The molecule has 49 heavy (non-hydrogen) atoms. The molecule has 2 aromatic heterocycles. The molecule has 4 aromatic carbocycles. The molecular formula is C40H34F3N3O3. The zero-order valence-electron chi connectivity index (χ0n) is 27.2. The summed E-state index contributed by atoms with van der Waals surface area (Å²) in [4.78, 5) is 31.6. The van der Waals surface area contributed by atoms with Gasteiger partial charge in [-0.1, -0.05) is 109 Å². The maximum absolute atomic E-state index is 14.4. The first kappa shape index (κ1) is 33.4. The highest BCUT2D eigenvalue weighted by Gasteiger charge is 2.41. The van der Waals surface area contributed by atoms with Crippen LogP contribution in [-0.4, -0.2) is 28.7 Å². The minimum absolute atomic E-state index is 0.0575. The lowest BCUT2D eigenvalue weighted by atomic mass is 9.76. The van der Waals surface area contributed by atoms with E-state index in [2.05, 4.69) is 10.3 Å². The van der Waals surface area contributed by atoms with Crippen LogP contribution in [0, 0.1) is 6.92 Å². The average Bonchev–Trinajstić information content (AvgIpc) is 3.13. The zero-order valence-corrected chi connectivity index (χ0v) is 27.2. The van der Waals surface area contributed by atoms with Gasteiger partial charge in [-0.3, -0.25) is 19.9 Å². The van der Waals surface area contributed by atoms with Crippen LogP contribution in [0.1, 0.15) is 33.5 Å². The van der Waals surface area contributed by atoms with Crippen molar-refractivity contribution in [3.05, 3.63) is 171 Å². The van der Waals surface area contributed by atoms with Crippen LogP contribution in [-0.2, 0) is 34.7 Å². The van der Waals surface area contributed by atoms with Gasteiger partial charge < -0.3 is 9.30 Å². The summed E-state index contributed by atoms with van der Waals surface area (Å²) < 4.78 is 49.6. The molecule has 0 spiro atoms. The third-order valence-corrected chi connectivity index (χ3v) is 9.03. The van der Waals surface area contributed by atoms with E-state index in [1.165, 1.54) is 37.9 Å². The molecule has 9 heteroatoms. The Hall–Kier alpha value is -5.54. The quantitative estimate of drug-likeness (QED) is 0.128. The molecule has 6 nitrogen and oxygen atoms in total. The second kappa shape index (κ2) is 13.5. The van der Waals surface area contributed by atoms with Gasteiger partial charge in [0.15, 0.2) is 0 Å². The number of aryl methyl sites for hydroxylation is 1. The minimum atomic E-state index is -4.77. The van der Waals surface area contributed by atoms with Gasteiger partial charge in [-0.15, -0.1) is 0 Å². The maximum Gasteiger partial charge on any atom is 0.417 e. The predicted octanol–water partition coefficient (Wildman–Crippen LogP) is 7.59. The molecule has 1 atom stereocenters. The van der Waals surface area contributed by atoms with Gasteiger partial charge in [-0.05, 0) is 47.7 Å². The van der Waals surface area contributed by atoms with Crippen molar-refractivity contribution in [1.82, 2.24) is 14.9 Å². The van der Waals surface area contributed by atoms with Gasteiger partial charge >= 0.3 is 12.1 Å².